The van der Waals surface area contributed by atoms with Crippen molar-refractivity contribution in [3.8, 4) is 0 Å². The molecule has 5 nitrogen and oxygen atoms in total. The lowest BCUT2D eigenvalue weighted by Gasteiger charge is -2.00. The molecule has 0 aromatic heterocycles. The zero-order chi connectivity index (χ0) is 9.40. The minimum atomic E-state index is -0.364. The summed E-state index contributed by atoms with van der Waals surface area (Å²) in [7, 11) is 1.51. The number of carbonyl (C=O) groups is 1. The number of hydrogen-bond donors (Lipinski definition) is 3. The van der Waals surface area contributed by atoms with Crippen molar-refractivity contribution in [1.29, 1.82) is 0 Å². The minimum absolute atomic E-state index is 0.195. The second-order valence-electron chi connectivity index (χ2n) is 2.16. The maximum atomic E-state index is 10.6. The van der Waals surface area contributed by atoms with Crippen molar-refractivity contribution in [3.05, 3.63) is 12.7 Å². The Morgan fingerprint density at radius 1 is 1.83 bits per heavy atom. The number of nitrogens with two attached hydrogens (primary N) is 1. The maximum Gasteiger partial charge on any atom is 0.334 e. The molecule has 0 bridgehead atoms. The van der Waals surface area contributed by atoms with Gasteiger partial charge in [0.05, 0.1) is 0 Å². The van der Waals surface area contributed by atoms with Crippen LogP contribution in [0.4, 0.5) is 4.79 Å². The number of carbonyl (C=O) groups excluding carboxylic acids is 1. The van der Waals surface area contributed by atoms with Gasteiger partial charge in [-0.2, -0.15) is 5.10 Å². The summed E-state index contributed by atoms with van der Waals surface area (Å²) in [6, 6.07) is -0.559. The molecule has 12 heavy (non-hydrogen) atoms. The average molecular weight is 170 g/mol. The Kier molecular flexibility index (Phi) is 5.64. The Bertz CT molecular complexity index is 178. The number of nitrogens with one attached hydrogen (secondary N) is 2. The molecule has 2 amide bonds. The van der Waals surface area contributed by atoms with Gasteiger partial charge in [-0.1, -0.05) is 6.08 Å². The van der Waals surface area contributed by atoms with Crippen LogP contribution in [-0.2, 0) is 0 Å². The lowest BCUT2D eigenvalue weighted by atomic mass is 10.2. The lowest BCUT2D eigenvalue weighted by Crippen LogP contribution is -2.30. The first kappa shape index (κ1) is 10.6. The van der Waals surface area contributed by atoms with E-state index in [0.717, 1.165) is 0 Å². The van der Waals surface area contributed by atoms with Crippen LogP contribution in [0.3, 0.4) is 0 Å². The fraction of sp³-hybridized carbons (Fsp3) is 0.429. The number of hydrogen-bond acceptors (Lipinski definition) is 3. The molecular weight excluding hydrogens is 156 g/mol. The predicted molar refractivity (Wildman–Crippen MR) is 48.9 cm³/mol. The van der Waals surface area contributed by atoms with E-state index in [0.29, 0.717) is 6.42 Å². The van der Waals surface area contributed by atoms with Gasteiger partial charge in [-0.25, -0.2) is 10.2 Å². The fourth-order valence-corrected chi connectivity index (χ4v) is 0.501. The summed E-state index contributed by atoms with van der Waals surface area (Å²) in [5, 5.41) is 5.95. The summed E-state index contributed by atoms with van der Waals surface area (Å²) in [6.45, 7) is 3.52. The summed E-state index contributed by atoms with van der Waals surface area (Å²) in [4.78, 5) is 10.6. The van der Waals surface area contributed by atoms with Crippen molar-refractivity contribution in [2.75, 3.05) is 7.05 Å². The zero-order valence-corrected chi connectivity index (χ0v) is 7.08. The minimum Gasteiger partial charge on any atom is -0.340 e. The Morgan fingerprint density at radius 2 is 2.50 bits per heavy atom. The van der Waals surface area contributed by atoms with Gasteiger partial charge in [-0.3, -0.25) is 0 Å². The van der Waals surface area contributed by atoms with Gasteiger partial charge < -0.3 is 11.1 Å². The molecule has 0 rings (SSSR count). The Hall–Kier alpha value is -1.36. The third-order valence-corrected chi connectivity index (χ3v) is 1.10. The van der Waals surface area contributed by atoms with Gasteiger partial charge in [0, 0.05) is 19.3 Å². The molecule has 0 aromatic carbocycles. The van der Waals surface area contributed by atoms with Gasteiger partial charge in [0.25, 0.3) is 0 Å². The molecule has 68 valence electrons. The van der Waals surface area contributed by atoms with Crippen molar-refractivity contribution in [1.82, 2.24) is 10.7 Å². The predicted octanol–water partition coefficient (Wildman–Crippen LogP) is -0.195. The summed E-state index contributed by atoms with van der Waals surface area (Å²) in [5.74, 6) is 0. The number of amides is 2. The highest BCUT2D eigenvalue weighted by Crippen LogP contribution is 1.83. The van der Waals surface area contributed by atoms with E-state index in [9.17, 15) is 4.79 Å². The van der Waals surface area contributed by atoms with Crippen LogP contribution >= 0.6 is 0 Å². The van der Waals surface area contributed by atoms with Crippen LogP contribution in [0.2, 0.25) is 0 Å². The van der Waals surface area contributed by atoms with E-state index in [1.165, 1.54) is 13.3 Å². The molecule has 0 heterocycles. The molecule has 4 N–H and O–H groups in total. The zero-order valence-electron chi connectivity index (χ0n) is 7.08. The van der Waals surface area contributed by atoms with Gasteiger partial charge >= 0.3 is 6.03 Å². The highest BCUT2D eigenvalue weighted by molar-refractivity contribution is 5.75. The highest BCUT2D eigenvalue weighted by atomic mass is 16.2. The molecule has 1 atom stereocenters. The molecule has 0 aliphatic carbocycles. The standard InChI is InChI=1S/C7H14N4O/c1-3-4-6(8)5-10-11-7(12)9-2/h3,5-6H,1,4,8H2,2H3,(H2,9,11,12)/b10-5+. The second kappa shape index (κ2) is 6.36. The molecule has 0 saturated carbocycles. The third-order valence-electron chi connectivity index (χ3n) is 1.10. The van der Waals surface area contributed by atoms with E-state index in [-0.39, 0.29) is 12.1 Å². The number of rotatable bonds is 4. The molecule has 0 aromatic rings. The van der Waals surface area contributed by atoms with Crippen molar-refractivity contribution in [2.45, 2.75) is 12.5 Å². The van der Waals surface area contributed by atoms with E-state index >= 15 is 0 Å². The van der Waals surface area contributed by atoms with Gasteiger partial charge in [0.15, 0.2) is 0 Å². The largest absolute Gasteiger partial charge is 0.340 e. The SMILES string of the molecule is C=CCC(N)/C=N/NC(=O)NC. The number of urea groups is 1. The lowest BCUT2D eigenvalue weighted by molar-refractivity contribution is 0.243. The monoisotopic (exact) mass is 170 g/mol. The number of hydrazone groups is 1. The van der Waals surface area contributed by atoms with Gasteiger partial charge in [-0.05, 0) is 6.42 Å². The fourth-order valence-electron chi connectivity index (χ4n) is 0.501. The first-order valence-corrected chi connectivity index (χ1v) is 3.58. The van der Waals surface area contributed by atoms with Crippen LogP contribution in [-0.4, -0.2) is 25.3 Å². The maximum absolute atomic E-state index is 10.6. The van der Waals surface area contributed by atoms with Crippen LogP contribution in [0.1, 0.15) is 6.42 Å². The second-order valence-corrected chi connectivity index (χ2v) is 2.16. The topological polar surface area (TPSA) is 79.5 Å². The first-order chi connectivity index (χ1) is 5.70. The van der Waals surface area contributed by atoms with E-state index in [1.54, 1.807) is 6.08 Å². The summed E-state index contributed by atoms with van der Waals surface area (Å²) >= 11 is 0. The van der Waals surface area contributed by atoms with E-state index in [1.807, 2.05) is 0 Å². The summed E-state index contributed by atoms with van der Waals surface area (Å²) in [5.41, 5.74) is 7.75. The average Bonchev–Trinajstić information content (AvgIpc) is 2.04. The van der Waals surface area contributed by atoms with Gasteiger partial charge in [-0.15, -0.1) is 6.58 Å². The Labute approximate surface area is 71.7 Å². The molecule has 5 heteroatoms. The van der Waals surface area contributed by atoms with Gasteiger partial charge in [0.1, 0.15) is 0 Å². The quantitative estimate of drug-likeness (QED) is 0.310. The van der Waals surface area contributed by atoms with Crippen LogP contribution in [0.5, 0.6) is 0 Å². The summed E-state index contributed by atoms with van der Waals surface area (Å²) in [6.07, 6.45) is 3.78. The van der Waals surface area contributed by atoms with Gasteiger partial charge in [0.2, 0.25) is 0 Å². The van der Waals surface area contributed by atoms with Crippen LogP contribution < -0.4 is 16.5 Å². The smallest absolute Gasteiger partial charge is 0.334 e. The normalized spacial score (nSPS) is 12.5. The molecule has 0 aliphatic heterocycles. The van der Waals surface area contributed by atoms with Crippen LogP contribution in [0, 0.1) is 0 Å². The van der Waals surface area contributed by atoms with E-state index in [2.05, 4.69) is 22.4 Å². The Morgan fingerprint density at radius 3 is 3.00 bits per heavy atom. The molecule has 0 saturated heterocycles. The molecule has 0 radical (unpaired) electrons. The molecule has 1 unspecified atom stereocenters. The third kappa shape index (κ3) is 5.43. The number of nitrogens with zero attached hydrogens (tertiary/aromatic N) is 1. The van der Waals surface area contributed by atoms with Crippen molar-refractivity contribution < 1.29 is 4.79 Å². The van der Waals surface area contributed by atoms with E-state index in [4.69, 9.17) is 5.73 Å². The highest BCUT2D eigenvalue weighted by Gasteiger charge is 1.94. The van der Waals surface area contributed by atoms with Crippen molar-refractivity contribution in [3.63, 3.8) is 0 Å². The first-order valence-electron chi connectivity index (χ1n) is 3.58. The van der Waals surface area contributed by atoms with Crippen LogP contribution in [0.15, 0.2) is 17.8 Å². The molecule has 0 fully saturated rings. The van der Waals surface area contributed by atoms with Crippen LogP contribution in [0.25, 0.3) is 0 Å². The summed E-state index contributed by atoms with van der Waals surface area (Å²) < 4.78 is 0. The molecule has 0 spiro atoms. The Balaban J connectivity index is 3.60. The van der Waals surface area contributed by atoms with Crippen molar-refractivity contribution in [2.24, 2.45) is 10.8 Å². The van der Waals surface area contributed by atoms with E-state index < -0.39 is 0 Å². The van der Waals surface area contributed by atoms with Crippen molar-refractivity contribution >= 4 is 12.2 Å². The molecular formula is C7H14N4O. The molecule has 0 aliphatic rings.